The van der Waals surface area contributed by atoms with Gasteiger partial charge in [-0.05, 0) is 64.2 Å². The molecule has 0 bridgehead atoms. The van der Waals surface area contributed by atoms with E-state index in [2.05, 4.69) is 11.1 Å². The van der Waals surface area contributed by atoms with Crippen molar-refractivity contribution in [2.24, 2.45) is 4.99 Å². The average Bonchev–Trinajstić information content (AvgIpc) is 3.21. The smallest absolute Gasteiger partial charge is 0.0385 e. The first-order valence-electron chi connectivity index (χ1n) is 27.2. The van der Waals surface area contributed by atoms with Crippen LogP contribution in [0.5, 0.6) is 0 Å². The molecule has 0 aromatic heterocycles. The third-order valence-electron chi connectivity index (χ3n) is 14.0. The molecule has 2 aliphatic heterocycles. The molecule has 1 saturated heterocycles. The van der Waals surface area contributed by atoms with Crippen LogP contribution in [-0.2, 0) is 0 Å². The van der Waals surface area contributed by atoms with E-state index < -0.39 is 0 Å². The van der Waals surface area contributed by atoms with Gasteiger partial charge < -0.3 is 4.90 Å². The fourth-order valence-corrected chi connectivity index (χ4v) is 10.1. The van der Waals surface area contributed by atoms with E-state index in [0.717, 1.165) is 12.6 Å². The van der Waals surface area contributed by atoms with E-state index in [0.29, 0.717) is 0 Å². The highest BCUT2D eigenvalue weighted by Gasteiger charge is 2.21. The highest BCUT2D eigenvalue weighted by Crippen LogP contribution is 2.24. The summed E-state index contributed by atoms with van der Waals surface area (Å²) in [6.45, 7) is 3.78. The van der Waals surface area contributed by atoms with Gasteiger partial charge in [-0.1, -0.05) is 270 Å². The zero-order valence-electron chi connectivity index (χ0n) is 38.8. The first kappa shape index (κ1) is 51.8. The number of hydrogen-bond acceptors (Lipinski definition) is 2. The summed E-state index contributed by atoms with van der Waals surface area (Å²) in [7, 11) is 0. The molecule has 1 unspecified atom stereocenters. The number of aliphatic imine (C=N–C) groups is 1. The predicted octanol–water partition coefficient (Wildman–Crippen LogP) is 18.9. The summed E-state index contributed by atoms with van der Waals surface area (Å²) >= 11 is 0. The zero-order valence-corrected chi connectivity index (χ0v) is 38.8. The fourth-order valence-electron chi connectivity index (χ4n) is 10.1. The topological polar surface area (TPSA) is 15.6 Å². The lowest BCUT2D eigenvalue weighted by molar-refractivity contribution is 0.135. The van der Waals surface area contributed by atoms with Crippen LogP contribution in [0.4, 0.5) is 0 Å². The second-order valence-corrected chi connectivity index (χ2v) is 19.4. The lowest BCUT2D eigenvalue weighted by Crippen LogP contribution is -2.40. The lowest BCUT2D eigenvalue weighted by atomic mass is 9.96. The van der Waals surface area contributed by atoms with E-state index in [4.69, 9.17) is 4.99 Å². The number of piperidine rings is 1. The van der Waals surface area contributed by atoms with Crippen molar-refractivity contribution in [3.63, 3.8) is 0 Å². The molecule has 332 valence electrons. The Morgan fingerprint density at radius 2 is 0.482 bits per heavy atom. The average molecular weight is 783 g/mol. The molecular formula is C54H106N2. The molecule has 2 rings (SSSR count). The zero-order chi connectivity index (χ0) is 39.3. The molecular weight excluding hydrogens is 677 g/mol. The molecule has 2 aliphatic rings. The molecule has 1 atom stereocenters. The van der Waals surface area contributed by atoms with Crippen molar-refractivity contribution in [3.05, 3.63) is 0 Å². The summed E-state index contributed by atoms with van der Waals surface area (Å²) in [5, 5.41) is 0. The normalized spacial score (nSPS) is 25.8. The maximum absolute atomic E-state index is 4.75. The minimum Gasteiger partial charge on any atom is -0.300 e. The van der Waals surface area contributed by atoms with E-state index in [1.807, 2.05) is 0 Å². The number of rotatable bonds is 0. The summed E-state index contributed by atoms with van der Waals surface area (Å²) < 4.78 is 0. The van der Waals surface area contributed by atoms with Gasteiger partial charge in [-0.25, -0.2) is 0 Å². The van der Waals surface area contributed by atoms with E-state index in [1.54, 1.807) is 0 Å². The molecule has 0 saturated carbocycles. The second-order valence-electron chi connectivity index (χ2n) is 19.4. The summed E-state index contributed by atoms with van der Waals surface area (Å²) in [6, 6.07) is 0.890. The molecule has 2 heteroatoms. The van der Waals surface area contributed by atoms with Crippen LogP contribution in [0.1, 0.15) is 315 Å². The van der Waals surface area contributed by atoms with Crippen molar-refractivity contribution < 1.29 is 0 Å². The van der Waals surface area contributed by atoms with Crippen molar-refractivity contribution in [1.29, 1.82) is 0 Å². The van der Waals surface area contributed by atoms with Crippen molar-refractivity contribution in [2.45, 2.75) is 321 Å². The van der Waals surface area contributed by atoms with E-state index in [-0.39, 0.29) is 0 Å². The summed E-state index contributed by atoms with van der Waals surface area (Å²) in [5.74, 6) is 0. The molecule has 2 nitrogen and oxygen atoms in total. The van der Waals surface area contributed by atoms with Gasteiger partial charge in [0, 0.05) is 12.6 Å². The van der Waals surface area contributed by atoms with E-state index in [9.17, 15) is 0 Å². The molecule has 56 heavy (non-hydrogen) atoms. The molecule has 2 heterocycles. The van der Waals surface area contributed by atoms with Crippen molar-refractivity contribution >= 4 is 6.21 Å². The highest BCUT2D eigenvalue weighted by molar-refractivity contribution is 5.56. The molecule has 0 radical (unpaired) electrons. The van der Waals surface area contributed by atoms with Crippen molar-refractivity contribution in [3.8, 4) is 0 Å². The van der Waals surface area contributed by atoms with Crippen LogP contribution in [0.25, 0.3) is 0 Å². The highest BCUT2D eigenvalue weighted by atomic mass is 15.2. The van der Waals surface area contributed by atoms with Gasteiger partial charge in [0.05, 0.1) is 0 Å². The Morgan fingerprint density at radius 3 is 0.804 bits per heavy atom. The first-order valence-corrected chi connectivity index (χ1v) is 27.2. The van der Waals surface area contributed by atoms with Gasteiger partial charge >= 0.3 is 0 Å². The molecule has 0 aromatic rings. The Balaban J connectivity index is 1.49. The summed E-state index contributed by atoms with van der Waals surface area (Å²) in [5.41, 5.74) is 0. The fraction of sp³-hybridized carbons (Fsp3) is 0.981. The summed E-state index contributed by atoms with van der Waals surface area (Å²) in [4.78, 5) is 7.64. The van der Waals surface area contributed by atoms with Gasteiger partial charge in [-0.15, -0.1) is 0 Å². The van der Waals surface area contributed by atoms with Gasteiger partial charge in [0.2, 0.25) is 0 Å². The van der Waals surface area contributed by atoms with Gasteiger partial charge in [0.1, 0.15) is 0 Å². The van der Waals surface area contributed by atoms with E-state index >= 15 is 0 Å². The molecule has 0 spiro atoms. The van der Waals surface area contributed by atoms with Crippen molar-refractivity contribution in [1.82, 2.24) is 4.90 Å². The monoisotopic (exact) mass is 783 g/mol. The molecule has 1 fully saturated rings. The minimum atomic E-state index is 0.890. The quantitative estimate of drug-likeness (QED) is 0.239. The maximum Gasteiger partial charge on any atom is 0.0385 e. The molecule has 0 N–H and O–H groups in total. The van der Waals surface area contributed by atoms with Gasteiger partial charge in [-0.2, -0.15) is 0 Å². The summed E-state index contributed by atoms with van der Waals surface area (Å²) in [6.07, 6.45) is 74.0. The largest absolute Gasteiger partial charge is 0.300 e. The van der Waals surface area contributed by atoms with Crippen LogP contribution in [0, 0.1) is 0 Å². The maximum atomic E-state index is 4.75. The van der Waals surface area contributed by atoms with E-state index in [1.165, 1.54) is 328 Å². The van der Waals surface area contributed by atoms with Crippen LogP contribution in [0.3, 0.4) is 0 Å². The number of fused-ring (bicyclic) bond motifs is 1. The van der Waals surface area contributed by atoms with Crippen molar-refractivity contribution in [2.75, 3.05) is 19.6 Å². The third kappa shape index (κ3) is 36.7. The Kier molecular flexibility index (Phi) is 40.9. The first-order chi connectivity index (χ1) is 28.0. The number of nitrogens with zero attached hydrogens (tertiary/aromatic N) is 2. The predicted molar refractivity (Wildman–Crippen MR) is 255 cm³/mol. The van der Waals surface area contributed by atoms with Crippen LogP contribution < -0.4 is 0 Å². The second kappa shape index (κ2) is 44.2. The van der Waals surface area contributed by atoms with Crippen LogP contribution in [0.15, 0.2) is 4.99 Å². The Bertz CT molecular complexity index is 762. The standard InChI is InChI=1S/C54H106N2/c1-2-4-6-8-10-12-14-16-18-20-22-24-26-28-30-32-34-36-38-42-48-54-49-43-47-53-56(54)52-46-41-40-45-51-55-50-44-39-37-35-33-31-29-27-25-23-21-19-17-15-13-11-9-7-5-3-1/h51,54H,1-50,52-53H2. The Labute approximate surface area is 355 Å². The Morgan fingerprint density at radius 1 is 0.250 bits per heavy atom. The third-order valence-corrected chi connectivity index (χ3v) is 14.0. The molecule has 0 aliphatic carbocycles. The Hall–Kier alpha value is -0.370. The van der Waals surface area contributed by atoms with Gasteiger partial charge in [-0.3, -0.25) is 4.99 Å². The van der Waals surface area contributed by atoms with Crippen LogP contribution in [-0.4, -0.2) is 36.8 Å². The lowest BCUT2D eigenvalue weighted by Gasteiger charge is -2.36. The molecule has 0 aromatic carbocycles. The number of hydrogen-bond donors (Lipinski definition) is 0. The van der Waals surface area contributed by atoms with Crippen LogP contribution >= 0.6 is 0 Å². The molecule has 0 amide bonds. The van der Waals surface area contributed by atoms with Gasteiger partial charge in [0.25, 0.3) is 0 Å². The minimum absolute atomic E-state index is 0.890. The van der Waals surface area contributed by atoms with Crippen LogP contribution in [0.2, 0.25) is 0 Å². The SMILES string of the molecule is C1=NCCCCCCCCCCCCCCCCCCCCCCCCCCCCCCCCCCCCCCCCCCCC2CCCCN2CCCCC1. The van der Waals surface area contributed by atoms with Gasteiger partial charge in [0.15, 0.2) is 0 Å².